The Balaban J connectivity index is 1.88. The van der Waals surface area contributed by atoms with E-state index in [-0.39, 0.29) is 42.7 Å². The van der Waals surface area contributed by atoms with Crippen molar-refractivity contribution in [1.29, 1.82) is 0 Å². The molecule has 1 heterocycles. The van der Waals surface area contributed by atoms with Crippen molar-refractivity contribution in [2.75, 3.05) is 45.8 Å². The molecule has 0 saturated heterocycles. The molecule has 3 amide bonds. The number of anilines is 1. The van der Waals surface area contributed by atoms with Crippen LogP contribution in [0.15, 0.2) is 42.5 Å². The molecule has 0 aromatic heterocycles. The second kappa shape index (κ2) is 17.2. The van der Waals surface area contributed by atoms with E-state index < -0.39 is 6.04 Å². The van der Waals surface area contributed by atoms with E-state index >= 15 is 0 Å². The van der Waals surface area contributed by atoms with Gasteiger partial charge in [0.15, 0.2) is 0 Å². The van der Waals surface area contributed by atoms with Crippen molar-refractivity contribution in [1.82, 2.24) is 15.1 Å². The molecule has 2 aromatic rings. The van der Waals surface area contributed by atoms with Crippen molar-refractivity contribution >= 4 is 17.6 Å². The number of aliphatic hydroxyl groups is 1. The third-order valence-corrected chi connectivity index (χ3v) is 7.83. The minimum Gasteiger partial charge on any atom is -0.497 e. The lowest BCUT2D eigenvalue weighted by Gasteiger charge is -2.36. The Kier molecular flexibility index (Phi) is 13.8. The van der Waals surface area contributed by atoms with Gasteiger partial charge in [-0.2, -0.15) is 0 Å². The number of ether oxygens (including phenoxy) is 3. The van der Waals surface area contributed by atoms with E-state index in [1.165, 1.54) is 5.56 Å². The fraction of sp³-hybridized carbons (Fsp3) is 0.588. The van der Waals surface area contributed by atoms with E-state index in [0.29, 0.717) is 36.7 Å². The number of hydrogen-bond acceptors (Lipinski definition) is 7. The van der Waals surface area contributed by atoms with E-state index in [2.05, 4.69) is 41.6 Å². The van der Waals surface area contributed by atoms with Crippen LogP contribution in [-0.2, 0) is 11.3 Å². The zero-order chi connectivity index (χ0) is 32.2. The summed E-state index contributed by atoms with van der Waals surface area (Å²) < 4.78 is 18.1. The molecular formula is C34H52N4O6. The number of amides is 3. The van der Waals surface area contributed by atoms with Crippen LogP contribution in [0.25, 0.3) is 0 Å². The number of likely N-dealkylation sites (N-methyl/N-ethyl adjacent to an activating group) is 1. The first-order chi connectivity index (χ1) is 21.0. The van der Waals surface area contributed by atoms with Gasteiger partial charge in [0.25, 0.3) is 5.91 Å². The topological polar surface area (TPSA) is 113 Å². The Morgan fingerprint density at radius 3 is 2.52 bits per heavy atom. The fourth-order valence-electron chi connectivity index (χ4n) is 5.31. The molecule has 0 saturated carbocycles. The Morgan fingerprint density at radius 2 is 1.86 bits per heavy atom. The van der Waals surface area contributed by atoms with Gasteiger partial charge >= 0.3 is 6.03 Å². The molecule has 1 aliphatic heterocycles. The number of carbonyl (C=O) groups excluding carboxylic acids is 2. The number of benzene rings is 2. The molecule has 3 rings (SSSR count). The maximum absolute atomic E-state index is 14.2. The SMILES string of the molecule is COc1ccc(CN(C)C[C@H]2OCCCC[C@@H](C)Oc3ccc(NC(=O)NC(C)C)cc3C(=O)N([C@H](C)CO)C[C@@H]2C)cc1. The number of nitrogens with one attached hydrogen (secondary N) is 2. The summed E-state index contributed by atoms with van der Waals surface area (Å²) in [5, 5.41) is 15.8. The van der Waals surface area contributed by atoms with Gasteiger partial charge in [-0.3, -0.25) is 9.69 Å². The normalized spacial score (nSPS) is 20.8. The van der Waals surface area contributed by atoms with Crippen molar-refractivity contribution in [2.24, 2.45) is 5.92 Å². The third kappa shape index (κ3) is 10.7. The molecule has 0 unspecified atom stereocenters. The maximum Gasteiger partial charge on any atom is 0.319 e. The second-order valence-corrected chi connectivity index (χ2v) is 12.3. The van der Waals surface area contributed by atoms with Crippen LogP contribution in [0.1, 0.15) is 69.8 Å². The van der Waals surface area contributed by atoms with E-state index in [4.69, 9.17) is 14.2 Å². The predicted molar refractivity (Wildman–Crippen MR) is 173 cm³/mol. The van der Waals surface area contributed by atoms with Crippen molar-refractivity contribution in [3.63, 3.8) is 0 Å². The van der Waals surface area contributed by atoms with E-state index in [0.717, 1.165) is 31.6 Å². The maximum atomic E-state index is 14.2. The highest BCUT2D eigenvalue weighted by Gasteiger charge is 2.30. The van der Waals surface area contributed by atoms with Gasteiger partial charge in [0.2, 0.25) is 0 Å². The first-order valence-electron chi connectivity index (χ1n) is 15.7. The summed E-state index contributed by atoms with van der Waals surface area (Å²) in [6, 6.07) is 12.4. The molecule has 0 bridgehead atoms. The lowest BCUT2D eigenvalue weighted by Crippen LogP contribution is -2.47. The fourth-order valence-corrected chi connectivity index (χ4v) is 5.31. The highest BCUT2D eigenvalue weighted by atomic mass is 16.5. The van der Waals surface area contributed by atoms with E-state index in [1.807, 2.05) is 39.8 Å². The highest BCUT2D eigenvalue weighted by Crippen LogP contribution is 2.28. The first-order valence-corrected chi connectivity index (χ1v) is 15.7. The number of rotatable bonds is 9. The molecule has 44 heavy (non-hydrogen) atoms. The molecule has 0 spiro atoms. The molecular weight excluding hydrogens is 560 g/mol. The van der Waals surface area contributed by atoms with Gasteiger partial charge in [-0.1, -0.05) is 19.1 Å². The van der Waals surface area contributed by atoms with Crippen LogP contribution >= 0.6 is 0 Å². The Morgan fingerprint density at radius 1 is 1.14 bits per heavy atom. The zero-order valence-electron chi connectivity index (χ0n) is 27.5. The summed E-state index contributed by atoms with van der Waals surface area (Å²) in [4.78, 5) is 30.6. The average molecular weight is 613 g/mol. The van der Waals surface area contributed by atoms with Crippen LogP contribution in [0.5, 0.6) is 11.5 Å². The Hall–Kier alpha value is -3.34. The first kappa shape index (κ1) is 35.1. The molecule has 2 aromatic carbocycles. The summed E-state index contributed by atoms with van der Waals surface area (Å²) in [7, 11) is 3.73. The number of hydrogen-bond donors (Lipinski definition) is 3. The van der Waals surface area contributed by atoms with Gasteiger partial charge in [0.05, 0.1) is 37.5 Å². The average Bonchev–Trinajstić information content (AvgIpc) is 2.98. The number of carbonyl (C=O) groups is 2. The van der Waals surface area contributed by atoms with Crippen molar-refractivity contribution in [3.05, 3.63) is 53.6 Å². The van der Waals surface area contributed by atoms with Crippen LogP contribution < -0.4 is 20.1 Å². The van der Waals surface area contributed by atoms with Crippen LogP contribution in [0.4, 0.5) is 10.5 Å². The van der Waals surface area contributed by atoms with E-state index in [1.54, 1.807) is 30.2 Å². The Labute approximate surface area is 263 Å². The summed E-state index contributed by atoms with van der Waals surface area (Å²) in [5.74, 6) is 0.987. The monoisotopic (exact) mass is 612 g/mol. The van der Waals surface area contributed by atoms with Crippen LogP contribution in [-0.4, -0.2) is 91.6 Å². The van der Waals surface area contributed by atoms with Crippen molar-refractivity contribution in [2.45, 2.75) is 84.7 Å². The molecule has 10 heteroatoms. The summed E-state index contributed by atoms with van der Waals surface area (Å²) in [6.45, 7) is 11.9. The molecule has 0 fully saturated rings. The molecule has 0 aliphatic carbocycles. The zero-order valence-corrected chi connectivity index (χ0v) is 27.5. The summed E-state index contributed by atoms with van der Waals surface area (Å²) in [5.41, 5.74) is 2.00. The predicted octanol–water partition coefficient (Wildman–Crippen LogP) is 5.15. The number of nitrogens with zero attached hydrogens (tertiary/aromatic N) is 2. The van der Waals surface area contributed by atoms with E-state index in [9.17, 15) is 14.7 Å². The Bertz CT molecular complexity index is 1190. The smallest absolute Gasteiger partial charge is 0.319 e. The van der Waals surface area contributed by atoms with Gasteiger partial charge in [0.1, 0.15) is 11.5 Å². The minimum absolute atomic E-state index is 0.0318. The highest BCUT2D eigenvalue weighted by molar-refractivity contribution is 5.99. The third-order valence-electron chi connectivity index (χ3n) is 7.83. The second-order valence-electron chi connectivity index (χ2n) is 12.3. The van der Waals surface area contributed by atoms with Crippen LogP contribution in [0.3, 0.4) is 0 Å². The van der Waals surface area contributed by atoms with Gasteiger partial charge < -0.3 is 34.9 Å². The number of fused-ring (bicyclic) bond motifs is 1. The molecule has 1 aliphatic rings. The minimum atomic E-state index is -0.443. The van der Waals surface area contributed by atoms with Gasteiger partial charge in [-0.15, -0.1) is 0 Å². The molecule has 3 N–H and O–H groups in total. The summed E-state index contributed by atoms with van der Waals surface area (Å²) in [6.07, 6.45) is 2.37. The number of methoxy groups -OCH3 is 1. The molecule has 0 radical (unpaired) electrons. The van der Waals surface area contributed by atoms with Crippen LogP contribution in [0.2, 0.25) is 0 Å². The molecule has 4 atom stereocenters. The van der Waals surface area contributed by atoms with Crippen LogP contribution in [0, 0.1) is 5.92 Å². The van der Waals surface area contributed by atoms with Crippen molar-refractivity contribution < 1.29 is 28.9 Å². The largest absolute Gasteiger partial charge is 0.497 e. The molecule has 10 nitrogen and oxygen atoms in total. The number of urea groups is 1. The number of aliphatic hydroxyl groups excluding tert-OH is 1. The summed E-state index contributed by atoms with van der Waals surface area (Å²) >= 11 is 0. The van der Waals surface area contributed by atoms with Gasteiger partial charge in [-0.05, 0) is 89.9 Å². The van der Waals surface area contributed by atoms with Gasteiger partial charge in [-0.25, -0.2) is 4.79 Å². The lowest BCUT2D eigenvalue weighted by molar-refractivity contribution is -0.0177. The standard InChI is InChI=1S/C34H52N4O6/c1-23(2)35-34(41)36-28-13-16-31-30(18-28)33(40)38(25(4)22-39)19-24(3)32(43-17-9-8-10-26(5)44-31)21-37(6)20-27-11-14-29(42-7)15-12-27/h11-16,18,23-26,32,39H,8-10,17,19-22H2,1-7H3,(H2,35,36,41)/t24-,25+,26+,32+/m0/s1. The van der Waals surface area contributed by atoms with Crippen molar-refractivity contribution in [3.8, 4) is 11.5 Å². The van der Waals surface area contributed by atoms with Gasteiger partial charge in [0, 0.05) is 43.9 Å². The lowest BCUT2D eigenvalue weighted by atomic mass is 10.0. The quantitative estimate of drug-likeness (QED) is 0.359. The molecule has 244 valence electrons.